The molecule has 4 rings (SSSR count). The molecule has 0 unspecified atom stereocenters. The molecular weight excluding hydrogens is 397 g/mol. The second kappa shape index (κ2) is 7.92. The van der Waals surface area contributed by atoms with Gasteiger partial charge in [0.25, 0.3) is 5.91 Å². The Labute approximate surface area is 171 Å². The predicted molar refractivity (Wildman–Crippen MR) is 112 cm³/mol. The van der Waals surface area contributed by atoms with Gasteiger partial charge in [-0.15, -0.1) is 0 Å². The van der Waals surface area contributed by atoms with Crippen LogP contribution in [0, 0.1) is 0 Å². The first kappa shape index (κ1) is 18.3. The molecule has 0 aliphatic carbocycles. The van der Waals surface area contributed by atoms with E-state index in [1.54, 1.807) is 42.5 Å². The molecule has 7 heteroatoms. The second-order valence-electron chi connectivity index (χ2n) is 6.12. The van der Waals surface area contributed by atoms with E-state index in [9.17, 15) is 4.79 Å². The Balaban J connectivity index is 1.38. The Hall–Kier alpha value is -3.02. The van der Waals surface area contributed by atoms with Crippen LogP contribution in [-0.4, -0.2) is 22.5 Å². The zero-order valence-electron chi connectivity index (χ0n) is 14.6. The zero-order chi connectivity index (χ0) is 19.5. The molecule has 0 saturated carbocycles. The summed E-state index contributed by atoms with van der Waals surface area (Å²) in [7, 11) is 0. The molecule has 5 nitrogen and oxygen atoms in total. The number of hydrogen-bond donors (Lipinski definition) is 2. The molecule has 4 aromatic rings. The van der Waals surface area contributed by atoms with Crippen molar-refractivity contribution in [1.82, 2.24) is 9.97 Å². The maximum atomic E-state index is 12.0. The molecule has 0 saturated heterocycles. The topological polar surface area (TPSA) is 67.0 Å². The molecule has 1 aromatic heterocycles. The van der Waals surface area contributed by atoms with Gasteiger partial charge in [0.15, 0.2) is 6.61 Å². The molecule has 0 atom stereocenters. The smallest absolute Gasteiger partial charge is 0.262 e. The molecule has 0 spiro atoms. The number of rotatable bonds is 5. The number of fused-ring (bicyclic) bond motifs is 1. The van der Waals surface area contributed by atoms with E-state index in [0.29, 0.717) is 21.5 Å². The number of halogens is 2. The highest BCUT2D eigenvalue weighted by molar-refractivity contribution is 6.31. The summed E-state index contributed by atoms with van der Waals surface area (Å²) in [5.41, 5.74) is 3.30. The SMILES string of the molecule is O=C(COc1ccc(-c2nc3ccc(Cl)cc3[nH]2)cc1)Nc1ccc(Cl)cc1. The quantitative estimate of drug-likeness (QED) is 0.451. The summed E-state index contributed by atoms with van der Waals surface area (Å²) in [5.74, 6) is 1.08. The standard InChI is InChI=1S/C21H15Cl2N3O2/c22-14-3-6-16(7-4-14)24-20(27)12-28-17-8-1-13(2-9-17)21-25-18-10-5-15(23)11-19(18)26-21/h1-11H,12H2,(H,24,27)(H,25,26). The highest BCUT2D eigenvalue weighted by atomic mass is 35.5. The Kier molecular flexibility index (Phi) is 5.19. The van der Waals surface area contributed by atoms with Crippen molar-refractivity contribution < 1.29 is 9.53 Å². The van der Waals surface area contributed by atoms with Crippen molar-refractivity contribution in [3.8, 4) is 17.1 Å². The number of imidazole rings is 1. The third-order valence-corrected chi connectivity index (χ3v) is 4.56. The highest BCUT2D eigenvalue weighted by Crippen LogP contribution is 2.24. The fourth-order valence-corrected chi connectivity index (χ4v) is 3.00. The maximum absolute atomic E-state index is 12.0. The highest BCUT2D eigenvalue weighted by Gasteiger charge is 2.07. The summed E-state index contributed by atoms with van der Waals surface area (Å²) in [6.45, 7) is -0.0922. The number of carbonyl (C=O) groups excluding carboxylic acids is 1. The number of ether oxygens (including phenoxy) is 1. The van der Waals surface area contributed by atoms with Gasteiger partial charge in [-0.05, 0) is 66.7 Å². The van der Waals surface area contributed by atoms with E-state index in [0.717, 1.165) is 22.4 Å². The molecule has 0 aliphatic heterocycles. The van der Waals surface area contributed by atoms with Crippen LogP contribution in [0.25, 0.3) is 22.4 Å². The molecule has 2 N–H and O–H groups in total. The number of nitrogens with zero attached hydrogens (tertiary/aromatic N) is 1. The summed E-state index contributed by atoms with van der Waals surface area (Å²) in [6, 6.07) is 19.8. The number of amides is 1. The fourth-order valence-electron chi connectivity index (χ4n) is 2.71. The van der Waals surface area contributed by atoms with Crippen molar-refractivity contribution in [2.45, 2.75) is 0 Å². The van der Waals surface area contributed by atoms with Crippen molar-refractivity contribution in [2.75, 3.05) is 11.9 Å². The first-order valence-corrected chi connectivity index (χ1v) is 9.26. The summed E-state index contributed by atoms with van der Waals surface area (Å²) in [4.78, 5) is 19.8. The molecule has 0 bridgehead atoms. The minimum atomic E-state index is -0.249. The first-order chi connectivity index (χ1) is 13.6. The summed E-state index contributed by atoms with van der Waals surface area (Å²) >= 11 is 11.8. The zero-order valence-corrected chi connectivity index (χ0v) is 16.1. The van der Waals surface area contributed by atoms with E-state index in [4.69, 9.17) is 27.9 Å². The molecule has 28 heavy (non-hydrogen) atoms. The Morgan fingerprint density at radius 2 is 1.68 bits per heavy atom. The molecule has 1 amide bonds. The Morgan fingerprint density at radius 1 is 0.964 bits per heavy atom. The number of benzene rings is 3. The number of H-pyrrole nitrogens is 1. The van der Waals surface area contributed by atoms with E-state index in [2.05, 4.69) is 15.3 Å². The van der Waals surface area contributed by atoms with Crippen molar-refractivity contribution in [1.29, 1.82) is 0 Å². The molecule has 0 radical (unpaired) electrons. The lowest BCUT2D eigenvalue weighted by atomic mass is 10.2. The van der Waals surface area contributed by atoms with Crippen LogP contribution in [0.3, 0.4) is 0 Å². The third kappa shape index (κ3) is 4.27. The van der Waals surface area contributed by atoms with E-state index >= 15 is 0 Å². The van der Waals surface area contributed by atoms with Crippen LogP contribution in [0.5, 0.6) is 5.75 Å². The minimum Gasteiger partial charge on any atom is -0.484 e. The van der Waals surface area contributed by atoms with Crippen LogP contribution in [0.2, 0.25) is 10.0 Å². The van der Waals surface area contributed by atoms with Gasteiger partial charge in [-0.25, -0.2) is 4.98 Å². The number of hydrogen-bond acceptors (Lipinski definition) is 3. The second-order valence-corrected chi connectivity index (χ2v) is 6.99. The lowest BCUT2D eigenvalue weighted by Gasteiger charge is -2.08. The van der Waals surface area contributed by atoms with E-state index in [1.807, 2.05) is 24.3 Å². The number of nitrogens with one attached hydrogen (secondary N) is 2. The van der Waals surface area contributed by atoms with Gasteiger partial charge in [0.1, 0.15) is 11.6 Å². The van der Waals surface area contributed by atoms with Crippen LogP contribution >= 0.6 is 23.2 Å². The third-order valence-electron chi connectivity index (χ3n) is 4.07. The van der Waals surface area contributed by atoms with Crippen LogP contribution in [0.1, 0.15) is 0 Å². The number of anilines is 1. The Morgan fingerprint density at radius 3 is 2.43 bits per heavy atom. The van der Waals surface area contributed by atoms with E-state index < -0.39 is 0 Å². The van der Waals surface area contributed by atoms with Gasteiger partial charge in [0.2, 0.25) is 0 Å². The minimum absolute atomic E-state index is 0.0922. The van der Waals surface area contributed by atoms with Crippen LogP contribution < -0.4 is 10.1 Å². The lowest BCUT2D eigenvalue weighted by Crippen LogP contribution is -2.20. The first-order valence-electron chi connectivity index (χ1n) is 8.51. The molecule has 3 aromatic carbocycles. The number of aromatic nitrogens is 2. The largest absolute Gasteiger partial charge is 0.484 e. The van der Waals surface area contributed by atoms with Crippen molar-refractivity contribution >= 4 is 45.8 Å². The summed E-state index contributed by atoms with van der Waals surface area (Å²) in [5, 5.41) is 4.02. The maximum Gasteiger partial charge on any atom is 0.262 e. The van der Waals surface area contributed by atoms with Gasteiger partial charge in [-0.1, -0.05) is 23.2 Å². The molecule has 1 heterocycles. The van der Waals surface area contributed by atoms with Crippen molar-refractivity contribution in [3.05, 3.63) is 76.8 Å². The van der Waals surface area contributed by atoms with E-state index in [1.165, 1.54) is 0 Å². The average molecular weight is 412 g/mol. The van der Waals surface area contributed by atoms with Crippen LogP contribution in [0.15, 0.2) is 66.7 Å². The van der Waals surface area contributed by atoms with Crippen molar-refractivity contribution in [2.24, 2.45) is 0 Å². The van der Waals surface area contributed by atoms with Gasteiger partial charge in [0, 0.05) is 21.3 Å². The van der Waals surface area contributed by atoms with Gasteiger partial charge >= 0.3 is 0 Å². The summed E-state index contributed by atoms with van der Waals surface area (Å²) < 4.78 is 5.54. The Bertz CT molecular complexity index is 1120. The summed E-state index contributed by atoms with van der Waals surface area (Å²) in [6.07, 6.45) is 0. The average Bonchev–Trinajstić information content (AvgIpc) is 3.12. The monoisotopic (exact) mass is 411 g/mol. The number of aromatic amines is 1. The van der Waals surface area contributed by atoms with E-state index in [-0.39, 0.29) is 12.5 Å². The molecular formula is C21H15Cl2N3O2. The number of carbonyl (C=O) groups is 1. The lowest BCUT2D eigenvalue weighted by molar-refractivity contribution is -0.118. The van der Waals surface area contributed by atoms with Gasteiger partial charge in [0.05, 0.1) is 11.0 Å². The van der Waals surface area contributed by atoms with Gasteiger partial charge in [-0.2, -0.15) is 0 Å². The van der Waals surface area contributed by atoms with Gasteiger partial charge in [-0.3, -0.25) is 4.79 Å². The molecule has 0 fully saturated rings. The van der Waals surface area contributed by atoms with Crippen LogP contribution in [-0.2, 0) is 4.79 Å². The fraction of sp³-hybridized carbons (Fsp3) is 0.0476. The molecule has 140 valence electrons. The normalized spacial score (nSPS) is 10.8. The predicted octanol–water partition coefficient (Wildman–Crippen LogP) is 5.55. The van der Waals surface area contributed by atoms with Gasteiger partial charge < -0.3 is 15.0 Å². The molecule has 0 aliphatic rings. The van der Waals surface area contributed by atoms with Crippen LogP contribution in [0.4, 0.5) is 5.69 Å². The van der Waals surface area contributed by atoms with Crippen molar-refractivity contribution in [3.63, 3.8) is 0 Å².